The monoisotopic (exact) mass is 486 g/mol. The van der Waals surface area contributed by atoms with Gasteiger partial charge in [-0.1, -0.05) is 0 Å². The zero-order chi connectivity index (χ0) is 21.6. The Kier molecular flexibility index (Phi) is 4.62. The molecular weight excluding hydrogens is 473 g/mol. The van der Waals surface area contributed by atoms with E-state index in [1.165, 1.54) is 0 Å². The number of rotatable bonds is 4. The number of aromatic nitrogens is 3. The van der Waals surface area contributed by atoms with E-state index in [9.17, 15) is 13.2 Å². The third-order valence-electron chi connectivity index (χ3n) is 4.74. The Morgan fingerprint density at radius 2 is 1.68 bits per heavy atom. The number of benzene rings is 3. The molecule has 0 aliphatic rings. The van der Waals surface area contributed by atoms with Gasteiger partial charge in [-0.3, -0.25) is 0 Å². The van der Waals surface area contributed by atoms with Gasteiger partial charge in [0.25, 0.3) is 0 Å². The highest BCUT2D eigenvalue weighted by Gasteiger charge is 2.31. The molecule has 5 rings (SSSR count). The van der Waals surface area contributed by atoms with Gasteiger partial charge in [-0.15, -0.1) is 0 Å². The van der Waals surface area contributed by atoms with E-state index in [1.807, 2.05) is 30.5 Å². The fourth-order valence-corrected chi connectivity index (χ4v) is 3.82. The van der Waals surface area contributed by atoms with E-state index in [0.717, 1.165) is 28.8 Å². The molecule has 0 aliphatic carbocycles. The quantitative estimate of drug-likeness (QED) is 0.248. The fourth-order valence-electron chi connectivity index (χ4n) is 3.27. The first kappa shape index (κ1) is 19.5. The molecule has 0 amide bonds. The molecule has 0 aliphatic heterocycles. The van der Waals surface area contributed by atoms with Gasteiger partial charge in [0.2, 0.25) is 5.95 Å². The Morgan fingerprint density at radius 3 is 2.45 bits per heavy atom. The molecular formula is C22H14BrF3N4O. The molecule has 156 valence electrons. The van der Waals surface area contributed by atoms with Gasteiger partial charge < -0.3 is 20.0 Å². The number of aromatic amines is 2. The normalized spacial score (nSPS) is 11.9. The first-order valence-corrected chi connectivity index (χ1v) is 10.0. The van der Waals surface area contributed by atoms with Gasteiger partial charge in [0, 0.05) is 27.3 Å². The van der Waals surface area contributed by atoms with Crippen LogP contribution in [0.5, 0.6) is 11.5 Å². The number of anilines is 2. The maximum Gasteiger partial charge on any atom is 0.416 e. The van der Waals surface area contributed by atoms with Crippen LogP contribution in [0.2, 0.25) is 0 Å². The molecule has 0 saturated heterocycles. The number of nitrogens with zero attached hydrogens (tertiary/aromatic N) is 1. The lowest BCUT2D eigenvalue weighted by atomic mass is 10.2. The van der Waals surface area contributed by atoms with Crippen molar-refractivity contribution < 1.29 is 17.9 Å². The first-order chi connectivity index (χ1) is 14.8. The molecule has 3 N–H and O–H groups in total. The van der Waals surface area contributed by atoms with Crippen molar-refractivity contribution in [2.45, 2.75) is 6.18 Å². The minimum atomic E-state index is -4.43. The molecule has 9 heteroatoms. The number of H-pyrrole nitrogens is 2. The summed E-state index contributed by atoms with van der Waals surface area (Å²) >= 11 is 3.16. The van der Waals surface area contributed by atoms with Crippen molar-refractivity contribution in [3.8, 4) is 11.5 Å². The minimum absolute atomic E-state index is 0.268. The van der Waals surface area contributed by atoms with Crippen molar-refractivity contribution in [2.75, 3.05) is 5.32 Å². The van der Waals surface area contributed by atoms with E-state index in [1.54, 1.807) is 24.3 Å². The lowest BCUT2D eigenvalue weighted by Crippen LogP contribution is -2.04. The van der Waals surface area contributed by atoms with E-state index < -0.39 is 11.7 Å². The maximum atomic E-state index is 13.0. The Morgan fingerprint density at radius 1 is 0.903 bits per heavy atom. The Hall–Kier alpha value is -3.46. The summed E-state index contributed by atoms with van der Waals surface area (Å²) in [6.07, 6.45) is -2.56. The van der Waals surface area contributed by atoms with Crippen molar-refractivity contribution in [3.63, 3.8) is 0 Å². The molecule has 3 aromatic carbocycles. The highest BCUT2D eigenvalue weighted by Crippen LogP contribution is 2.35. The van der Waals surface area contributed by atoms with Gasteiger partial charge in [0.15, 0.2) is 0 Å². The highest BCUT2D eigenvalue weighted by atomic mass is 79.9. The minimum Gasteiger partial charge on any atom is -0.457 e. The second kappa shape index (κ2) is 7.35. The summed E-state index contributed by atoms with van der Waals surface area (Å²) < 4.78 is 45.2. The van der Waals surface area contributed by atoms with Gasteiger partial charge in [0.1, 0.15) is 17.0 Å². The standard InChI is InChI=1S/C22H14BrF3N4O/c23-17-10-13(22(24,25)26)11-19-20(17)30-21(29-19)28-14-1-3-15(4-2-14)31-16-5-6-18-12(9-16)7-8-27-18/h1-11,27H,(H2,28,29,30). The lowest BCUT2D eigenvalue weighted by molar-refractivity contribution is -0.137. The van der Waals surface area contributed by atoms with E-state index in [0.29, 0.717) is 22.9 Å². The van der Waals surface area contributed by atoms with Crippen molar-refractivity contribution in [2.24, 2.45) is 0 Å². The number of hydrogen-bond acceptors (Lipinski definition) is 3. The zero-order valence-corrected chi connectivity index (χ0v) is 17.3. The Labute approximate surface area is 182 Å². The summed E-state index contributed by atoms with van der Waals surface area (Å²) in [5.41, 5.74) is 1.69. The SMILES string of the molecule is FC(F)(F)c1cc(Br)c2nc(Nc3ccc(Oc4ccc5[nH]ccc5c4)cc3)[nH]c2c1. The number of imidazole rings is 1. The van der Waals surface area contributed by atoms with Crippen molar-refractivity contribution in [1.29, 1.82) is 0 Å². The average Bonchev–Trinajstić information content (AvgIpc) is 3.35. The molecule has 0 spiro atoms. The van der Waals surface area contributed by atoms with E-state index in [-0.39, 0.29) is 9.99 Å². The van der Waals surface area contributed by atoms with Gasteiger partial charge in [-0.25, -0.2) is 4.98 Å². The molecule has 0 fully saturated rings. The molecule has 5 nitrogen and oxygen atoms in total. The Bertz CT molecular complexity index is 1390. The number of fused-ring (bicyclic) bond motifs is 2. The second-order valence-corrected chi connectivity index (χ2v) is 7.77. The number of nitrogens with one attached hydrogen (secondary N) is 3. The predicted octanol–water partition coefficient (Wildman–Crippen LogP) is 7.36. The van der Waals surface area contributed by atoms with Crippen LogP contribution in [0.25, 0.3) is 21.9 Å². The fraction of sp³-hybridized carbons (Fsp3) is 0.0455. The Balaban J connectivity index is 1.34. The molecule has 5 aromatic rings. The molecule has 0 radical (unpaired) electrons. The van der Waals surface area contributed by atoms with Crippen LogP contribution in [0, 0.1) is 0 Å². The average molecular weight is 487 g/mol. The van der Waals surface area contributed by atoms with Crippen LogP contribution in [-0.4, -0.2) is 15.0 Å². The number of hydrogen-bond donors (Lipinski definition) is 3. The van der Waals surface area contributed by atoms with Crippen molar-refractivity contribution in [1.82, 2.24) is 15.0 Å². The van der Waals surface area contributed by atoms with E-state index in [2.05, 4.69) is 36.2 Å². The molecule has 0 atom stereocenters. The molecule has 0 bridgehead atoms. The van der Waals surface area contributed by atoms with Crippen LogP contribution in [0.4, 0.5) is 24.8 Å². The maximum absolute atomic E-state index is 13.0. The first-order valence-electron chi connectivity index (χ1n) is 9.24. The zero-order valence-electron chi connectivity index (χ0n) is 15.7. The number of ether oxygens (including phenoxy) is 1. The summed E-state index contributed by atoms with van der Waals surface area (Å²) in [4.78, 5) is 10.3. The van der Waals surface area contributed by atoms with Crippen LogP contribution in [0.1, 0.15) is 5.56 Å². The van der Waals surface area contributed by atoms with Gasteiger partial charge in [0.05, 0.1) is 11.1 Å². The summed E-state index contributed by atoms with van der Waals surface area (Å²) in [6, 6.07) is 17.0. The molecule has 31 heavy (non-hydrogen) atoms. The molecule has 2 aromatic heterocycles. The van der Waals surface area contributed by atoms with Crippen molar-refractivity contribution in [3.05, 3.63) is 76.9 Å². The van der Waals surface area contributed by atoms with Crippen LogP contribution in [0.3, 0.4) is 0 Å². The highest BCUT2D eigenvalue weighted by molar-refractivity contribution is 9.10. The van der Waals surface area contributed by atoms with E-state index in [4.69, 9.17) is 4.74 Å². The third kappa shape index (κ3) is 3.96. The van der Waals surface area contributed by atoms with Crippen LogP contribution < -0.4 is 10.1 Å². The summed E-state index contributed by atoms with van der Waals surface area (Å²) in [5.74, 6) is 1.71. The second-order valence-electron chi connectivity index (χ2n) is 6.92. The van der Waals surface area contributed by atoms with Gasteiger partial charge >= 0.3 is 6.18 Å². The molecule has 0 saturated carbocycles. The topological polar surface area (TPSA) is 65.7 Å². The molecule has 0 unspecified atom stereocenters. The van der Waals surface area contributed by atoms with Crippen LogP contribution in [0.15, 0.2) is 71.3 Å². The van der Waals surface area contributed by atoms with E-state index >= 15 is 0 Å². The van der Waals surface area contributed by atoms with Crippen LogP contribution in [-0.2, 0) is 6.18 Å². The van der Waals surface area contributed by atoms with Crippen LogP contribution >= 0.6 is 15.9 Å². The largest absolute Gasteiger partial charge is 0.457 e. The summed E-state index contributed by atoms with van der Waals surface area (Å²) in [5, 5.41) is 4.12. The number of halogens is 4. The summed E-state index contributed by atoms with van der Waals surface area (Å²) in [7, 11) is 0. The predicted molar refractivity (Wildman–Crippen MR) is 117 cm³/mol. The number of alkyl halides is 3. The third-order valence-corrected chi connectivity index (χ3v) is 5.35. The van der Waals surface area contributed by atoms with Gasteiger partial charge in [-0.2, -0.15) is 13.2 Å². The smallest absolute Gasteiger partial charge is 0.416 e. The summed E-state index contributed by atoms with van der Waals surface area (Å²) in [6.45, 7) is 0. The molecule has 2 heterocycles. The van der Waals surface area contributed by atoms with Crippen molar-refractivity contribution >= 4 is 49.5 Å². The van der Waals surface area contributed by atoms with Gasteiger partial charge in [-0.05, 0) is 76.6 Å². The lowest BCUT2D eigenvalue weighted by Gasteiger charge is -2.07.